The number of nitrogens with one attached hydrogen (secondary N) is 1. The molecule has 2 aliphatic heterocycles. The van der Waals surface area contributed by atoms with Crippen molar-refractivity contribution in [2.45, 2.75) is 57.4 Å². The number of nitrogens with zero attached hydrogens (tertiary/aromatic N) is 2. The lowest BCUT2D eigenvalue weighted by Crippen LogP contribution is -2.42. The number of piperidine rings is 1. The van der Waals surface area contributed by atoms with E-state index in [-0.39, 0.29) is 18.1 Å². The maximum absolute atomic E-state index is 12.1. The summed E-state index contributed by atoms with van der Waals surface area (Å²) in [7, 11) is 0. The van der Waals surface area contributed by atoms with E-state index < -0.39 is 0 Å². The first kappa shape index (κ1) is 14.2. The number of hydrogen-bond donors (Lipinski definition) is 1. The van der Waals surface area contributed by atoms with Crippen molar-refractivity contribution in [3.63, 3.8) is 0 Å². The van der Waals surface area contributed by atoms with E-state index >= 15 is 0 Å². The van der Waals surface area contributed by atoms with Crippen LogP contribution in [0.2, 0.25) is 0 Å². The highest BCUT2D eigenvalue weighted by Gasteiger charge is 2.42. The van der Waals surface area contributed by atoms with Crippen LogP contribution in [-0.2, 0) is 16.1 Å². The third kappa shape index (κ3) is 3.03. The van der Waals surface area contributed by atoms with Gasteiger partial charge in [0.1, 0.15) is 11.9 Å². The van der Waals surface area contributed by atoms with Crippen molar-refractivity contribution in [1.29, 1.82) is 0 Å². The second-order valence-corrected chi connectivity index (χ2v) is 6.89. The minimum absolute atomic E-state index is 0.0931. The Bertz CT molecular complexity index is 555. The van der Waals surface area contributed by atoms with Crippen LogP contribution >= 0.6 is 0 Å². The topological polar surface area (TPSA) is 67.6 Å². The van der Waals surface area contributed by atoms with Crippen LogP contribution in [0.15, 0.2) is 10.6 Å². The molecule has 1 amide bonds. The number of carbonyl (C=O) groups excluding carboxylic acids is 1. The summed E-state index contributed by atoms with van der Waals surface area (Å²) in [6.45, 7) is 4.62. The molecule has 4 rings (SSSR count). The van der Waals surface area contributed by atoms with E-state index in [0.29, 0.717) is 12.0 Å². The molecule has 1 saturated carbocycles. The molecule has 1 aliphatic carbocycles. The summed E-state index contributed by atoms with van der Waals surface area (Å²) in [6, 6.07) is 2.39. The fourth-order valence-electron chi connectivity index (χ4n) is 3.55. The van der Waals surface area contributed by atoms with Crippen molar-refractivity contribution in [3.05, 3.63) is 17.5 Å². The number of carbonyl (C=O) groups is 1. The maximum atomic E-state index is 12.1. The Hall–Kier alpha value is -1.40. The first-order valence-corrected chi connectivity index (χ1v) is 8.28. The van der Waals surface area contributed by atoms with Gasteiger partial charge in [0.2, 0.25) is 5.91 Å². The number of ether oxygens (including phenoxy) is 1. The predicted octanol–water partition coefficient (Wildman–Crippen LogP) is 1.24. The molecular weight excluding hydrogens is 282 g/mol. The molecule has 3 fully saturated rings. The van der Waals surface area contributed by atoms with E-state index in [1.165, 1.54) is 0 Å². The van der Waals surface area contributed by atoms with Gasteiger partial charge in [-0.2, -0.15) is 0 Å². The van der Waals surface area contributed by atoms with Crippen LogP contribution in [0.1, 0.15) is 37.1 Å². The van der Waals surface area contributed by atoms with Crippen LogP contribution in [0.5, 0.6) is 0 Å². The quantitative estimate of drug-likeness (QED) is 0.906. The number of fused-ring (bicyclic) bond motifs is 1. The van der Waals surface area contributed by atoms with Gasteiger partial charge in [-0.05, 0) is 45.1 Å². The predicted molar refractivity (Wildman–Crippen MR) is 79.1 cm³/mol. The van der Waals surface area contributed by atoms with Crippen LogP contribution in [0, 0.1) is 12.8 Å². The van der Waals surface area contributed by atoms with Crippen LogP contribution in [-0.4, -0.2) is 47.3 Å². The van der Waals surface area contributed by atoms with Gasteiger partial charge in [-0.3, -0.25) is 9.69 Å². The fraction of sp³-hybridized carbons (Fsp3) is 0.750. The lowest BCUT2D eigenvalue weighted by atomic mass is 9.91. The Kier molecular flexibility index (Phi) is 3.66. The molecule has 22 heavy (non-hydrogen) atoms. The second kappa shape index (κ2) is 5.66. The number of likely N-dealkylation sites (tertiary alicyclic amines) is 1. The average Bonchev–Trinajstić information content (AvgIpc) is 3.05. The standard InChI is InChI=1S/C16H23N3O3/c1-10-6-13(18-22-10)8-19-5-4-11-7-14(21-15(11)9-19)16(20)17-12-2-3-12/h6,11-12,14-15H,2-5,7-9H2,1H3,(H,17,20)/t11-,14-,15+/m1/s1. The molecule has 3 atom stereocenters. The third-order valence-corrected chi connectivity index (χ3v) is 4.91. The van der Waals surface area contributed by atoms with Crippen LogP contribution in [0.4, 0.5) is 0 Å². The van der Waals surface area contributed by atoms with Crippen LogP contribution in [0.25, 0.3) is 0 Å². The number of aromatic nitrogens is 1. The van der Waals surface area contributed by atoms with Gasteiger partial charge in [0.05, 0.1) is 11.8 Å². The summed E-state index contributed by atoms with van der Waals surface area (Å²) in [5, 5.41) is 7.12. The van der Waals surface area contributed by atoms with Crippen molar-refractivity contribution in [3.8, 4) is 0 Å². The molecule has 0 unspecified atom stereocenters. The van der Waals surface area contributed by atoms with E-state index in [1.807, 2.05) is 13.0 Å². The molecule has 3 aliphatic rings. The molecule has 1 N–H and O–H groups in total. The zero-order valence-corrected chi connectivity index (χ0v) is 13.0. The lowest BCUT2D eigenvalue weighted by Gasteiger charge is -2.33. The zero-order chi connectivity index (χ0) is 15.1. The molecule has 0 spiro atoms. The summed E-state index contributed by atoms with van der Waals surface area (Å²) < 4.78 is 11.2. The Balaban J connectivity index is 1.32. The molecule has 6 heteroatoms. The highest BCUT2D eigenvalue weighted by Crippen LogP contribution is 2.34. The van der Waals surface area contributed by atoms with E-state index in [9.17, 15) is 4.79 Å². The van der Waals surface area contributed by atoms with Crippen molar-refractivity contribution >= 4 is 5.91 Å². The van der Waals surface area contributed by atoms with E-state index in [2.05, 4.69) is 15.4 Å². The lowest BCUT2D eigenvalue weighted by molar-refractivity contribution is -0.133. The summed E-state index contributed by atoms with van der Waals surface area (Å²) >= 11 is 0. The Morgan fingerprint density at radius 1 is 1.45 bits per heavy atom. The van der Waals surface area contributed by atoms with Gasteiger partial charge in [-0.25, -0.2) is 0 Å². The normalized spacial score (nSPS) is 32.0. The van der Waals surface area contributed by atoms with E-state index in [4.69, 9.17) is 9.26 Å². The molecule has 0 bridgehead atoms. The van der Waals surface area contributed by atoms with Gasteiger partial charge in [0.15, 0.2) is 0 Å². The second-order valence-electron chi connectivity index (χ2n) is 6.89. The molecule has 3 heterocycles. The Morgan fingerprint density at radius 3 is 3.05 bits per heavy atom. The third-order valence-electron chi connectivity index (χ3n) is 4.91. The smallest absolute Gasteiger partial charge is 0.249 e. The fourth-order valence-corrected chi connectivity index (χ4v) is 3.55. The number of rotatable bonds is 4. The maximum Gasteiger partial charge on any atom is 0.249 e. The Labute approximate surface area is 130 Å². The SMILES string of the molecule is Cc1cc(CN2CC[C@@H]3C[C@H](C(=O)NC4CC4)O[C@H]3C2)no1. The number of amides is 1. The summed E-state index contributed by atoms with van der Waals surface area (Å²) in [6.07, 6.45) is 4.14. The Morgan fingerprint density at radius 2 is 2.32 bits per heavy atom. The summed E-state index contributed by atoms with van der Waals surface area (Å²) in [5.41, 5.74) is 0.969. The van der Waals surface area contributed by atoms with Crippen molar-refractivity contribution < 1.29 is 14.1 Å². The van der Waals surface area contributed by atoms with Crippen molar-refractivity contribution in [2.24, 2.45) is 5.92 Å². The molecule has 0 aromatic carbocycles. The first-order valence-electron chi connectivity index (χ1n) is 8.28. The minimum Gasteiger partial charge on any atom is -0.364 e. The summed E-state index contributed by atoms with van der Waals surface area (Å²) in [5.74, 6) is 1.46. The molecule has 120 valence electrons. The highest BCUT2D eigenvalue weighted by molar-refractivity contribution is 5.81. The van der Waals surface area contributed by atoms with Crippen molar-refractivity contribution in [2.75, 3.05) is 13.1 Å². The van der Waals surface area contributed by atoms with Gasteiger partial charge < -0.3 is 14.6 Å². The highest BCUT2D eigenvalue weighted by atomic mass is 16.5. The van der Waals surface area contributed by atoms with Crippen LogP contribution < -0.4 is 5.32 Å². The minimum atomic E-state index is -0.246. The molecule has 0 radical (unpaired) electrons. The molecule has 2 saturated heterocycles. The van der Waals surface area contributed by atoms with Gasteiger partial charge in [-0.15, -0.1) is 0 Å². The van der Waals surface area contributed by atoms with Crippen molar-refractivity contribution in [1.82, 2.24) is 15.4 Å². The largest absolute Gasteiger partial charge is 0.364 e. The van der Waals surface area contributed by atoms with Crippen LogP contribution in [0.3, 0.4) is 0 Å². The molecule has 1 aromatic heterocycles. The van der Waals surface area contributed by atoms with Gasteiger partial charge in [-0.1, -0.05) is 5.16 Å². The zero-order valence-electron chi connectivity index (χ0n) is 13.0. The molecule has 6 nitrogen and oxygen atoms in total. The molecule has 1 aromatic rings. The number of aryl methyl sites for hydroxylation is 1. The first-order chi connectivity index (χ1) is 10.7. The summed E-state index contributed by atoms with van der Waals surface area (Å²) in [4.78, 5) is 14.5. The average molecular weight is 305 g/mol. The number of hydrogen-bond acceptors (Lipinski definition) is 5. The van der Waals surface area contributed by atoms with Gasteiger partial charge in [0, 0.05) is 25.2 Å². The molecular formula is C16H23N3O3. The van der Waals surface area contributed by atoms with E-state index in [0.717, 1.165) is 56.8 Å². The van der Waals surface area contributed by atoms with E-state index in [1.54, 1.807) is 0 Å². The monoisotopic (exact) mass is 305 g/mol. The van der Waals surface area contributed by atoms with Gasteiger partial charge >= 0.3 is 0 Å². The van der Waals surface area contributed by atoms with Gasteiger partial charge in [0.25, 0.3) is 0 Å².